The van der Waals surface area contributed by atoms with Crippen molar-refractivity contribution < 1.29 is 18.7 Å². The summed E-state index contributed by atoms with van der Waals surface area (Å²) in [4.78, 5) is 13.4. The SMILES string of the molecule is COc1ccc(OC)c(C(=O)N[C@@H](Cc2ccccc2)c2nnc(SCc3ccccc3F)n2C)c1. The standard InChI is InChI=1S/C27H27FN4O3S/c1-32-25(30-31-27(32)36-17-19-11-7-8-12-22(19)28)23(15-18-9-5-4-6-10-18)29-26(33)21-16-20(34-2)13-14-24(21)35-3/h4-14,16,23H,15,17H2,1-3H3,(H,29,33)/t23-/m0/s1. The number of nitrogens with zero attached hydrogens (tertiary/aromatic N) is 3. The van der Waals surface area contributed by atoms with Gasteiger partial charge in [-0.05, 0) is 41.8 Å². The van der Waals surface area contributed by atoms with Crippen molar-refractivity contribution >= 4 is 17.7 Å². The molecule has 0 unspecified atom stereocenters. The van der Waals surface area contributed by atoms with Gasteiger partial charge in [0.2, 0.25) is 0 Å². The summed E-state index contributed by atoms with van der Waals surface area (Å²) in [5.74, 6) is 1.40. The number of nitrogens with one attached hydrogen (secondary N) is 1. The lowest BCUT2D eigenvalue weighted by molar-refractivity contribution is 0.0930. The fourth-order valence-corrected chi connectivity index (χ4v) is 4.70. The molecular formula is C27H27FN4O3S. The summed E-state index contributed by atoms with van der Waals surface area (Å²) < 4.78 is 26.6. The van der Waals surface area contributed by atoms with Crippen LogP contribution >= 0.6 is 11.8 Å². The monoisotopic (exact) mass is 506 g/mol. The normalized spacial score (nSPS) is 11.7. The van der Waals surface area contributed by atoms with E-state index in [0.29, 0.717) is 45.8 Å². The number of halogens is 1. The van der Waals surface area contributed by atoms with Gasteiger partial charge in [0.05, 0.1) is 25.8 Å². The highest BCUT2D eigenvalue weighted by atomic mass is 32.2. The molecule has 0 spiro atoms. The summed E-state index contributed by atoms with van der Waals surface area (Å²) in [5.41, 5.74) is 1.97. The third-order valence-corrected chi connectivity index (χ3v) is 6.80. The molecule has 0 saturated heterocycles. The molecule has 36 heavy (non-hydrogen) atoms. The van der Waals surface area contributed by atoms with Gasteiger partial charge in [-0.3, -0.25) is 4.79 Å². The van der Waals surface area contributed by atoms with Crippen molar-refractivity contribution in [2.75, 3.05) is 14.2 Å². The smallest absolute Gasteiger partial charge is 0.255 e. The fourth-order valence-electron chi connectivity index (χ4n) is 3.80. The van der Waals surface area contributed by atoms with Crippen molar-refractivity contribution in [2.24, 2.45) is 7.05 Å². The fraction of sp³-hybridized carbons (Fsp3) is 0.222. The van der Waals surface area contributed by atoms with E-state index in [1.807, 2.05) is 41.9 Å². The highest BCUT2D eigenvalue weighted by Crippen LogP contribution is 2.28. The maximum absolute atomic E-state index is 14.1. The van der Waals surface area contributed by atoms with E-state index in [2.05, 4.69) is 15.5 Å². The average molecular weight is 507 g/mol. The molecule has 0 aliphatic rings. The van der Waals surface area contributed by atoms with Crippen LogP contribution in [0, 0.1) is 5.82 Å². The van der Waals surface area contributed by atoms with Gasteiger partial charge in [0.1, 0.15) is 17.3 Å². The average Bonchev–Trinajstić information content (AvgIpc) is 3.27. The number of hydrogen-bond donors (Lipinski definition) is 1. The van der Waals surface area contributed by atoms with Crippen molar-refractivity contribution in [1.29, 1.82) is 0 Å². The Balaban J connectivity index is 1.61. The zero-order valence-corrected chi connectivity index (χ0v) is 21.1. The van der Waals surface area contributed by atoms with Crippen LogP contribution in [0.4, 0.5) is 4.39 Å². The first-order valence-electron chi connectivity index (χ1n) is 11.3. The summed E-state index contributed by atoms with van der Waals surface area (Å²) in [7, 11) is 4.90. The molecule has 0 bridgehead atoms. The first-order chi connectivity index (χ1) is 17.5. The summed E-state index contributed by atoms with van der Waals surface area (Å²) in [6.07, 6.45) is 0.503. The van der Waals surface area contributed by atoms with Crippen LogP contribution in [-0.4, -0.2) is 34.9 Å². The molecule has 4 aromatic rings. The lowest BCUT2D eigenvalue weighted by Gasteiger charge is -2.19. The van der Waals surface area contributed by atoms with E-state index < -0.39 is 6.04 Å². The second-order valence-electron chi connectivity index (χ2n) is 8.06. The number of hydrogen-bond acceptors (Lipinski definition) is 6. The molecule has 9 heteroatoms. The number of thioether (sulfide) groups is 1. The molecule has 1 N–H and O–H groups in total. The lowest BCUT2D eigenvalue weighted by Crippen LogP contribution is -2.32. The minimum absolute atomic E-state index is 0.256. The molecule has 1 heterocycles. The molecule has 1 amide bonds. The zero-order valence-electron chi connectivity index (χ0n) is 20.3. The van der Waals surface area contributed by atoms with E-state index in [9.17, 15) is 9.18 Å². The van der Waals surface area contributed by atoms with Crippen molar-refractivity contribution in [3.05, 3.63) is 101 Å². The molecule has 0 saturated carbocycles. The van der Waals surface area contributed by atoms with Crippen LogP contribution in [-0.2, 0) is 19.2 Å². The molecule has 186 valence electrons. The Kier molecular flexibility index (Phi) is 8.22. The molecule has 0 aliphatic carbocycles. The van der Waals surface area contributed by atoms with Gasteiger partial charge in [0.25, 0.3) is 5.91 Å². The van der Waals surface area contributed by atoms with E-state index in [-0.39, 0.29) is 11.7 Å². The molecule has 1 atom stereocenters. The summed E-state index contributed by atoms with van der Waals surface area (Å²) in [6, 6.07) is 21.1. The predicted octanol–water partition coefficient (Wildman–Crippen LogP) is 4.98. The number of rotatable bonds is 10. The van der Waals surface area contributed by atoms with Crippen molar-refractivity contribution in [1.82, 2.24) is 20.1 Å². The van der Waals surface area contributed by atoms with Gasteiger partial charge in [0.15, 0.2) is 11.0 Å². The van der Waals surface area contributed by atoms with Crippen molar-refractivity contribution in [3.63, 3.8) is 0 Å². The molecule has 7 nitrogen and oxygen atoms in total. The molecule has 0 aliphatic heterocycles. The second-order valence-corrected chi connectivity index (χ2v) is 9.00. The van der Waals surface area contributed by atoms with Gasteiger partial charge in [-0.25, -0.2) is 4.39 Å². The third-order valence-electron chi connectivity index (χ3n) is 5.73. The van der Waals surface area contributed by atoms with E-state index in [0.717, 1.165) is 5.56 Å². The molecular weight excluding hydrogens is 479 g/mol. The first kappa shape index (κ1) is 25.2. The lowest BCUT2D eigenvalue weighted by atomic mass is 10.0. The molecule has 1 aromatic heterocycles. The van der Waals surface area contributed by atoms with Crippen LogP contribution in [0.3, 0.4) is 0 Å². The Labute approximate surface area is 213 Å². The Morgan fingerprint density at radius 2 is 1.78 bits per heavy atom. The molecule has 3 aromatic carbocycles. The van der Waals surface area contributed by atoms with Crippen LogP contribution in [0.1, 0.15) is 33.4 Å². The Morgan fingerprint density at radius 3 is 2.50 bits per heavy atom. The van der Waals surface area contributed by atoms with Gasteiger partial charge in [-0.1, -0.05) is 60.3 Å². The van der Waals surface area contributed by atoms with E-state index in [1.165, 1.54) is 24.9 Å². The number of carbonyl (C=O) groups is 1. The molecule has 0 fully saturated rings. The number of methoxy groups -OCH3 is 2. The topological polar surface area (TPSA) is 78.3 Å². The van der Waals surface area contributed by atoms with Crippen molar-refractivity contribution in [2.45, 2.75) is 23.4 Å². The number of aromatic nitrogens is 3. The maximum atomic E-state index is 14.1. The van der Waals surface area contributed by atoms with Gasteiger partial charge >= 0.3 is 0 Å². The largest absolute Gasteiger partial charge is 0.497 e. The third kappa shape index (κ3) is 5.85. The molecule has 4 rings (SSSR count). The highest BCUT2D eigenvalue weighted by molar-refractivity contribution is 7.98. The number of benzene rings is 3. The Morgan fingerprint density at radius 1 is 1.03 bits per heavy atom. The van der Waals surface area contributed by atoms with Crippen molar-refractivity contribution in [3.8, 4) is 11.5 Å². The van der Waals surface area contributed by atoms with Crippen LogP contribution in [0.5, 0.6) is 11.5 Å². The predicted molar refractivity (Wildman–Crippen MR) is 137 cm³/mol. The van der Waals surface area contributed by atoms with Crippen LogP contribution in [0.25, 0.3) is 0 Å². The summed E-state index contributed by atoms with van der Waals surface area (Å²) >= 11 is 1.39. The van der Waals surface area contributed by atoms with E-state index >= 15 is 0 Å². The maximum Gasteiger partial charge on any atom is 0.255 e. The van der Waals surface area contributed by atoms with Gasteiger partial charge in [-0.15, -0.1) is 10.2 Å². The van der Waals surface area contributed by atoms with E-state index in [1.54, 1.807) is 43.5 Å². The number of ether oxygens (including phenoxy) is 2. The Hall–Kier alpha value is -3.85. The first-order valence-corrected chi connectivity index (χ1v) is 12.3. The van der Waals surface area contributed by atoms with Gasteiger partial charge in [-0.2, -0.15) is 0 Å². The van der Waals surface area contributed by atoms with Crippen LogP contribution < -0.4 is 14.8 Å². The number of amides is 1. The minimum atomic E-state index is -0.476. The second kappa shape index (κ2) is 11.7. The zero-order chi connectivity index (χ0) is 25.5. The number of carbonyl (C=O) groups excluding carboxylic acids is 1. The minimum Gasteiger partial charge on any atom is -0.497 e. The Bertz CT molecular complexity index is 1330. The van der Waals surface area contributed by atoms with Gasteiger partial charge < -0.3 is 19.4 Å². The van der Waals surface area contributed by atoms with Crippen LogP contribution in [0.15, 0.2) is 78.0 Å². The van der Waals surface area contributed by atoms with E-state index in [4.69, 9.17) is 9.47 Å². The van der Waals surface area contributed by atoms with Crippen LogP contribution in [0.2, 0.25) is 0 Å². The van der Waals surface area contributed by atoms with Gasteiger partial charge in [0, 0.05) is 12.8 Å². The molecule has 0 radical (unpaired) electrons. The highest BCUT2D eigenvalue weighted by Gasteiger charge is 2.25. The quantitative estimate of drug-likeness (QED) is 0.306. The summed E-state index contributed by atoms with van der Waals surface area (Å²) in [5, 5.41) is 12.4. The summed E-state index contributed by atoms with van der Waals surface area (Å²) in [6.45, 7) is 0.